The highest BCUT2D eigenvalue weighted by Crippen LogP contribution is 2.26. The van der Waals surface area contributed by atoms with Gasteiger partial charge in [0.1, 0.15) is 6.61 Å². The summed E-state index contributed by atoms with van der Waals surface area (Å²) < 4.78 is 32.9. The lowest BCUT2D eigenvalue weighted by Crippen LogP contribution is -2.45. The van der Waals surface area contributed by atoms with E-state index in [2.05, 4.69) is 5.32 Å². The van der Waals surface area contributed by atoms with Crippen molar-refractivity contribution in [2.45, 2.75) is 57.9 Å². The second-order valence-electron chi connectivity index (χ2n) is 7.09. The van der Waals surface area contributed by atoms with Gasteiger partial charge < -0.3 is 15.8 Å². The van der Waals surface area contributed by atoms with Crippen LogP contribution >= 0.6 is 0 Å². The van der Waals surface area contributed by atoms with E-state index in [-0.39, 0.29) is 17.4 Å². The smallest absolute Gasteiger partial charge is 0.223 e. The molecule has 1 aliphatic rings. The highest BCUT2D eigenvalue weighted by atomic mass is 19.1. The minimum absolute atomic E-state index is 0.0672. The molecule has 1 aromatic carbocycles. The van der Waals surface area contributed by atoms with E-state index >= 15 is 0 Å². The van der Waals surface area contributed by atoms with E-state index in [0.717, 1.165) is 38.2 Å². The summed E-state index contributed by atoms with van der Waals surface area (Å²) in [5.74, 6) is -2.85. The molecule has 0 unspecified atom stereocenters. The monoisotopic (exact) mass is 382 g/mol. The van der Waals surface area contributed by atoms with Crippen molar-refractivity contribution in [3.63, 3.8) is 0 Å². The second kappa shape index (κ2) is 10.3. The van der Waals surface area contributed by atoms with Crippen LogP contribution in [-0.4, -0.2) is 30.9 Å². The van der Waals surface area contributed by atoms with Gasteiger partial charge in [0.2, 0.25) is 5.91 Å². The van der Waals surface area contributed by atoms with Crippen molar-refractivity contribution in [2.24, 2.45) is 11.7 Å². The Morgan fingerprint density at radius 1 is 1.26 bits per heavy atom. The van der Waals surface area contributed by atoms with Crippen LogP contribution in [0, 0.1) is 24.5 Å². The number of halogens is 2. The topological polar surface area (TPSA) is 81.4 Å². The predicted octanol–water partition coefficient (Wildman–Crippen LogP) is 3.03. The molecule has 0 saturated heterocycles. The van der Waals surface area contributed by atoms with Crippen molar-refractivity contribution in [1.82, 2.24) is 5.32 Å². The summed E-state index contributed by atoms with van der Waals surface area (Å²) in [6.07, 6.45) is 5.50. The third kappa shape index (κ3) is 5.99. The first-order valence-corrected chi connectivity index (χ1v) is 9.54. The Balaban J connectivity index is 1.99. The zero-order valence-corrected chi connectivity index (χ0v) is 15.7. The van der Waals surface area contributed by atoms with Gasteiger partial charge in [-0.3, -0.25) is 9.59 Å². The second-order valence-corrected chi connectivity index (χ2v) is 7.09. The lowest BCUT2D eigenvalue weighted by Gasteiger charge is -2.20. The number of nitrogens with one attached hydrogen (secondary N) is 1. The molecule has 1 saturated carbocycles. The molecule has 1 fully saturated rings. The number of ketones is 1. The lowest BCUT2D eigenvalue weighted by atomic mass is 10.0. The number of nitrogens with two attached hydrogens (primary N) is 1. The summed E-state index contributed by atoms with van der Waals surface area (Å²) >= 11 is 0. The molecule has 0 spiro atoms. The number of benzene rings is 1. The Hall–Kier alpha value is -2.02. The summed E-state index contributed by atoms with van der Waals surface area (Å²) in [5, 5.41) is 2.80. The SMILES string of the molecule is Cc1ccc(F)c(OCC(=O)[C@@H](CCCCN)NC(=O)C2CCCC2)c1F. The molecule has 150 valence electrons. The summed E-state index contributed by atoms with van der Waals surface area (Å²) in [5.41, 5.74) is 5.72. The predicted molar refractivity (Wildman–Crippen MR) is 98.4 cm³/mol. The Bertz CT molecular complexity index is 661. The van der Waals surface area contributed by atoms with Gasteiger partial charge in [-0.1, -0.05) is 18.9 Å². The van der Waals surface area contributed by atoms with Gasteiger partial charge in [0, 0.05) is 5.92 Å². The Labute approximate surface area is 158 Å². The molecule has 7 heteroatoms. The number of hydrogen-bond acceptors (Lipinski definition) is 4. The van der Waals surface area contributed by atoms with Crippen LogP contribution in [-0.2, 0) is 9.59 Å². The Morgan fingerprint density at radius 2 is 1.96 bits per heavy atom. The first-order valence-electron chi connectivity index (χ1n) is 9.54. The van der Waals surface area contributed by atoms with Crippen molar-refractivity contribution in [2.75, 3.05) is 13.2 Å². The van der Waals surface area contributed by atoms with E-state index in [9.17, 15) is 18.4 Å². The summed E-state index contributed by atoms with van der Waals surface area (Å²) in [6.45, 7) is 1.48. The molecule has 1 atom stereocenters. The third-order valence-electron chi connectivity index (χ3n) is 4.98. The van der Waals surface area contributed by atoms with Crippen molar-refractivity contribution < 1.29 is 23.1 Å². The number of hydrogen-bond donors (Lipinski definition) is 2. The zero-order chi connectivity index (χ0) is 19.8. The van der Waals surface area contributed by atoms with Crippen LogP contribution < -0.4 is 15.8 Å². The maximum atomic E-state index is 14.0. The molecule has 2 rings (SSSR count). The molecule has 0 aliphatic heterocycles. The number of amides is 1. The van der Waals surface area contributed by atoms with Crippen LogP contribution in [0.5, 0.6) is 5.75 Å². The minimum Gasteiger partial charge on any atom is -0.480 e. The molecule has 1 aromatic rings. The fourth-order valence-electron chi connectivity index (χ4n) is 3.29. The van der Waals surface area contributed by atoms with Gasteiger partial charge in [-0.2, -0.15) is 0 Å². The number of carbonyl (C=O) groups is 2. The minimum atomic E-state index is -0.861. The molecule has 27 heavy (non-hydrogen) atoms. The van der Waals surface area contributed by atoms with Crippen LogP contribution in [0.4, 0.5) is 8.78 Å². The fourth-order valence-corrected chi connectivity index (χ4v) is 3.29. The number of unbranched alkanes of at least 4 members (excludes halogenated alkanes) is 1. The van der Waals surface area contributed by atoms with Gasteiger partial charge >= 0.3 is 0 Å². The van der Waals surface area contributed by atoms with Gasteiger partial charge in [0.25, 0.3) is 0 Å². The van der Waals surface area contributed by atoms with Crippen LogP contribution in [0.25, 0.3) is 0 Å². The molecule has 0 bridgehead atoms. The zero-order valence-electron chi connectivity index (χ0n) is 15.7. The van der Waals surface area contributed by atoms with Gasteiger partial charge in [-0.05, 0) is 57.2 Å². The normalized spacial score (nSPS) is 15.6. The molecule has 0 radical (unpaired) electrons. The van der Waals surface area contributed by atoms with E-state index in [1.807, 2.05) is 0 Å². The number of rotatable bonds is 10. The molecule has 0 aromatic heterocycles. The number of aryl methyl sites for hydroxylation is 1. The number of ether oxygens (including phenoxy) is 1. The third-order valence-corrected chi connectivity index (χ3v) is 4.98. The van der Waals surface area contributed by atoms with E-state index < -0.39 is 35.8 Å². The van der Waals surface area contributed by atoms with Crippen molar-refractivity contribution in [3.05, 3.63) is 29.3 Å². The van der Waals surface area contributed by atoms with Crippen LogP contribution in [0.2, 0.25) is 0 Å². The van der Waals surface area contributed by atoms with E-state index in [4.69, 9.17) is 10.5 Å². The molecule has 3 N–H and O–H groups in total. The average molecular weight is 382 g/mol. The molecule has 1 aliphatic carbocycles. The van der Waals surface area contributed by atoms with E-state index in [0.29, 0.717) is 19.4 Å². The van der Waals surface area contributed by atoms with E-state index in [1.165, 1.54) is 13.0 Å². The van der Waals surface area contributed by atoms with Crippen LogP contribution in [0.15, 0.2) is 12.1 Å². The van der Waals surface area contributed by atoms with Crippen LogP contribution in [0.1, 0.15) is 50.5 Å². The Morgan fingerprint density at radius 3 is 2.63 bits per heavy atom. The van der Waals surface area contributed by atoms with E-state index in [1.54, 1.807) is 0 Å². The number of carbonyl (C=O) groups excluding carboxylic acids is 2. The van der Waals surface area contributed by atoms with Crippen molar-refractivity contribution in [1.29, 1.82) is 0 Å². The van der Waals surface area contributed by atoms with Gasteiger partial charge in [-0.15, -0.1) is 0 Å². The first kappa shape index (κ1) is 21.3. The molecular weight excluding hydrogens is 354 g/mol. The Kier molecular flexibility index (Phi) is 8.16. The molecule has 0 heterocycles. The standard InChI is InChI=1S/C20H28F2N2O3/c1-13-9-10-15(21)19(18(13)22)27-12-17(25)16(8-4-5-11-23)24-20(26)14-6-2-3-7-14/h9-10,14,16H,2-8,11-12,23H2,1H3,(H,24,26)/t16-/m1/s1. The van der Waals surface area contributed by atoms with Gasteiger partial charge in [0.15, 0.2) is 23.2 Å². The first-order chi connectivity index (χ1) is 12.9. The molecule has 1 amide bonds. The largest absolute Gasteiger partial charge is 0.480 e. The van der Waals surface area contributed by atoms with Crippen LogP contribution in [0.3, 0.4) is 0 Å². The summed E-state index contributed by atoms with van der Waals surface area (Å²) in [6, 6.07) is 1.66. The molecular formula is C20H28F2N2O3. The maximum absolute atomic E-state index is 14.0. The molecule has 5 nitrogen and oxygen atoms in total. The van der Waals surface area contributed by atoms with Crippen molar-refractivity contribution in [3.8, 4) is 5.75 Å². The highest BCUT2D eigenvalue weighted by Gasteiger charge is 2.28. The van der Waals surface area contributed by atoms with Gasteiger partial charge in [0.05, 0.1) is 6.04 Å². The highest BCUT2D eigenvalue weighted by molar-refractivity contribution is 5.90. The number of Topliss-reactive ketones (excluding diaryl/α,β-unsaturated/α-hetero) is 1. The summed E-state index contributed by atoms with van der Waals surface area (Å²) in [7, 11) is 0. The maximum Gasteiger partial charge on any atom is 0.223 e. The quantitative estimate of drug-likeness (QED) is 0.610. The lowest BCUT2D eigenvalue weighted by molar-refractivity contribution is -0.131. The summed E-state index contributed by atoms with van der Waals surface area (Å²) in [4.78, 5) is 24.9. The fraction of sp³-hybridized carbons (Fsp3) is 0.600. The van der Waals surface area contributed by atoms with Crippen molar-refractivity contribution >= 4 is 11.7 Å². The van der Waals surface area contributed by atoms with Gasteiger partial charge in [-0.25, -0.2) is 8.78 Å². The average Bonchev–Trinajstić information content (AvgIpc) is 3.19.